The topological polar surface area (TPSA) is 126 Å². The van der Waals surface area contributed by atoms with Crippen molar-refractivity contribution >= 4 is 33.1 Å². The third-order valence-corrected chi connectivity index (χ3v) is 11.0. The molecule has 2 aromatic carbocycles. The van der Waals surface area contributed by atoms with Gasteiger partial charge in [0.15, 0.2) is 11.5 Å². The minimum atomic E-state index is -4.08. The number of anilines is 3. The zero-order valence-corrected chi connectivity index (χ0v) is 27.1. The van der Waals surface area contributed by atoms with Crippen LogP contribution in [0.1, 0.15) is 28.4 Å². The second-order valence-electron chi connectivity index (χ2n) is 12.7. The number of sulfonamides is 1. The van der Waals surface area contributed by atoms with Crippen LogP contribution in [0.4, 0.5) is 17.2 Å². The number of nitrogens with one attached hydrogen (secondary N) is 1. The van der Waals surface area contributed by atoms with Crippen molar-refractivity contribution in [3.8, 4) is 11.5 Å². The van der Waals surface area contributed by atoms with Crippen LogP contribution in [0.15, 0.2) is 88.7 Å². The lowest BCUT2D eigenvalue weighted by atomic mass is 9.83. The average Bonchev–Trinajstić information content (AvgIpc) is 3.12. The number of aromatic nitrogens is 2. The van der Waals surface area contributed by atoms with E-state index in [0.717, 1.165) is 17.9 Å². The summed E-state index contributed by atoms with van der Waals surface area (Å²) >= 11 is 0. The molecule has 12 nitrogen and oxygen atoms in total. The number of ether oxygens (including phenoxy) is 2. The zero-order chi connectivity index (χ0) is 32.8. The Morgan fingerprint density at radius 3 is 2.48 bits per heavy atom. The van der Waals surface area contributed by atoms with Gasteiger partial charge in [0.05, 0.1) is 16.3 Å². The van der Waals surface area contributed by atoms with Crippen LogP contribution in [0.5, 0.6) is 11.5 Å². The number of amides is 1. The lowest BCUT2D eigenvalue weighted by molar-refractivity contribution is 0.0746. The molecule has 2 bridgehead atoms. The van der Waals surface area contributed by atoms with Crippen LogP contribution in [0.2, 0.25) is 0 Å². The van der Waals surface area contributed by atoms with Crippen LogP contribution in [0.3, 0.4) is 0 Å². The molecule has 0 aliphatic carbocycles. The molecule has 4 aliphatic rings. The number of rotatable bonds is 6. The van der Waals surface area contributed by atoms with Gasteiger partial charge in [-0.25, -0.2) is 13.4 Å². The number of benzene rings is 2. The van der Waals surface area contributed by atoms with Crippen molar-refractivity contribution in [3.63, 3.8) is 0 Å². The summed E-state index contributed by atoms with van der Waals surface area (Å²) < 4.78 is 43.7. The average molecular weight is 669 g/mol. The van der Waals surface area contributed by atoms with E-state index in [2.05, 4.69) is 19.5 Å². The van der Waals surface area contributed by atoms with Crippen LogP contribution in [0, 0.1) is 5.92 Å². The SMILES string of the molecule is O=C(c1ccc(N2C[C@H]3C[C@@H](C2)c2cccc(=O)n2C3)c(NS(=O)(=O)c2ccc3c(c2)OCCO3)c1)N1CCN(c2ccccn2)CC1. The van der Waals surface area contributed by atoms with E-state index in [-0.39, 0.29) is 28.2 Å². The van der Waals surface area contributed by atoms with Gasteiger partial charge in [-0.05, 0) is 60.9 Å². The first kappa shape index (κ1) is 30.3. The molecule has 4 aromatic rings. The van der Waals surface area contributed by atoms with Gasteiger partial charge in [0.2, 0.25) is 0 Å². The van der Waals surface area contributed by atoms with E-state index in [1.165, 1.54) is 12.1 Å². The first-order valence-electron chi connectivity index (χ1n) is 16.3. The maximum Gasteiger partial charge on any atom is 0.262 e. The first-order chi connectivity index (χ1) is 23.3. The highest BCUT2D eigenvalue weighted by Gasteiger charge is 2.36. The molecule has 2 aromatic heterocycles. The number of hydrogen-bond acceptors (Lipinski definition) is 9. The molecule has 8 rings (SSSR count). The fourth-order valence-corrected chi connectivity index (χ4v) is 8.46. The highest BCUT2D eigenvalue weighted by atomic mass is 32.2. The fraction of sp³-hybridized carbons (Fsp3) is 0.343. The zero-order valence-electron chi connectivity index (χ0n) is 26.3. The Hall–Kier alpha value is -5.04. The molecular formula is C35H36N6O6S. The molecule has 6 heterocycles. The van der Waals surface area contributed by atoms with Crippen molar-refractivity contribution in [3.05, 3.63) is 101 Å². The Morgan fingerprint density at radius 2 is 1.67 bits per heavy atom. The van der Waals surface area contributed by atoms with E-state index in [1.54, 1.807) is 41.4 Å². The van der Waals surface area contributed by atoms with Crippen molar-refractivity contribution < 1.29 is 22.7 Å². The number of fused-ring (bicyclic) bond motifs is 5. The molecule has 1 amide bonds. The van der Waals surface area contributed by atoms with Crippen molar-refractivity contribution in [2.24, 2.45) is 5.92 Å². The molecule has 0 spiro atoms. The van der Waals surface area contributed by atoms with Gasteiger partial charge in [-0.3, -0.25) is 14.3 Å². The molecule has 2 fully saturated rings. The molecule has 4 aliphatic heterocycles. The molecule has 0 saturated carbocycles. The quantitative estimate of drug-likeness (QED) is 0.329. The largest absolute Gasteiger partial charge is 0.486 e. The smallest absolute Gasteiger partial charge is 0.262 e. The Morgan fingerprint density at radius 1 is 0.833 bits per heavy atom. The predicted molar refractivity (Wildman–Crippen MR) is 181 cm³/mol. The molecular weight excluding hydrogens is 632 g/mol. The third-order valence-electron chi connectivity index (χ3n) is 9.67. The number of pyridine rings is 2. The summed E-state index contributed by atoms with van der Waals surface area (Å²) in [6.07, 6.45) is 2.72. The molecule has 2 atom stereocenters. The lowest BCUT2D eigenvalue weighted by Crippen LogP contribution is -2.49. The van der Waals surface area contributed by atoms with Gasteiger partial charge in [0.25, 0.3) is 21.5 Å². The second kappa shape index (κ2) is 12.2. The van der Waals surface area contributed by atoms with E-state index in [9.17, 15) is 18.0 Å². The molecule has 48 heavy (non-hydrogen) atoms. The molecule has 0 radical (unpaired) electrons. The van der Waals surface area contributed by atoms with E-state index in [4.69, 9.17) is 9.47 Å². The van der Waals surface area contributed by atoms with E-state index in [1.807, 2.05) is 34.9 Å². The van der Waals surface area contributed by atoms with Crippen LogP contribution < -0.4 is 29.6 Å². The van der Waals surface area contributed by atoms with E-state index >= 15 is 0 Å². The molecule has 248 valence electrons. The van der Waals surface area contributed by atoms with Crippen molar-refractivity contribution in [1.29, 1.82) is 0 Å². The summed E-state index contributed by atoms with van der Waals surface area (Å²) in [5.41, 5.74) is 2.42. The van der Waals surface area contributed by atoms with Gasteiger partial charge in [0, 0.05) is 81.3 Å². The van der Waals surface area contributed by atoms with Crippen molar-refractivity contribution in [2.45, 2.75) is 23.8 Å². The Kier molecular flexibility index (Phi) is 7.70. The van der Waals surface area contributed by atoms with Gasteiger partial charge in [-0.15, -0.1) is 0 Å². The van der Waals surface area contributed by atoms with Crippen molar-refractivity contribution in [2.75, 3.05) is 67.0 Å². The van der Waals surface area contributed by atoms with Gasteiger partial charge in [-0.1, -0.05) is 12.1 Å². The molecule has 1 N–H and O–H groups in total. The minimum absolute atomic E-state index is 0.00672. The Balaban J connectivity index is 1.10. The minimum Gasteiger partial charge on any atom is -0.486 e. The monoisotopic (exact) mass is 668 g/mol. The van der Waals surface area contributed by atoms with Crippen molar-refractivity contribution in [1.82, 2.24) is 14.5 Å². The number of piperazine rings is 1. The van der Waals surface area contributed by atoms with E-state index in [0.29, 0.717) is 87.5 Å². The number of hydrogen-bond donors (Lipinski definition) is 1. The van der Waals surface area contributed by atoms with Gasteiger partial charge in [0.1, 0.15) is 19.0 Å². The summed E-state index contributed by atoms with van der Waals surface area (Å²) in [7, 11) is -4.08. The first-order valence-corrected chi connectivity index (χ1v) is 17.8. The Labute approximate surface area is 278 Å². The number of piperidine rings is 1. The summed E-state index contributed by atoms with van der Waals surface area (Å²) in [5.74, 6) is 1.92. The number of nitrogens with zero attached hydrogens (tertiary/aromatic N) is 5. The van der Waals surface area contributed by atoms with Crippen LogP contribution in [-0.2, 0) is 16.6 Å². The standard InChI is InChI=1S/C35H36N6O6S/c42-34-6-3-4-29-26-18-24(22-41(29)34)21-40(23-26)30-9-7-25(35(43)39-14-12-38(13-15-39)33-5-1-2-11-36-33)19-28(30)37-48(44,45)27-8-10-31-32(20-27)47-17-16-46-31/h1-11,19-20,24,26,37H,12-18,21-23H2/t24-,26+/m1/s1. The van der Waals surface area contributed by atoms with E-state index < -0.39 is 10.0 Å². The molecule has 13 heteroatoms. The van der Waals surface area contributed by atoms with Crippen LogP contribution in [-0.4, -0.2) is 81.3 Å². The van der Waals surface area contributed by atoms with Crippen LogP contribution in [0.25, 0.3) is 0 Å². The summed E-state index contributed by atoms with van der Waals surface area (Å²) in [4.78, 5) is 37.1. The van der Waals surface area contributed by atoms with Gasteiger partial charge >= 0.3 is 0 Å². The highest BCUT2D eigenvalue weighted by Crippen LogP contribution is 2.40. The number of carbonyl (C=O) groups excluding carboxylic acids is 1. The highest BCUT2D eigenvalue weighted by molar-refractivity contribution is 7.92. The summed E-state index contributed by atoms with van der Waals surface area (Å²) in [5, 5.41) is 0. The van der Waals surface area contributed by atoms with Crippen LogP contribution >= 0.6 is 0 Å². The normalized spacial score (nSPS) is 20.2. The summed E-state index contributed by atoms with van der Waals surface area (Å²) in [6.45, 7) is 4.93. The maximum atomic E-state index is 13.9. The maximum absolute atomic E-state index is 13.9. The number of carbonyl (C=O) groups is 1. The predicted octanol–water partition coefficient (Wildman–Crippen LogP) is 3.40. The van der Waals surface area contributed by atoms with Gasteiger partial charge < -0.3 is 28.7 Å². The lowest BCUT2D eigenvalue weighted by Gasteiger charge is -2.44. The molecule has 2 saturated heterocycles. The summed E-state index contributed by atoms with van der Waals surface area (Å²) in [6, 6.07) is 21.0. The molecule has 0 unspecified atom stereocenters. The third kappa shape index (κ3) is 5.72. The fourth-order valence-electron chi connectivity index (χ4n) is 7.38. The van der Waals surface area contributed by atoms with Gasteiger partial charge in [-0.2, -0.15) is 0 Å². The second-order valence-corrected chi connectivity index (χ2v) is 14.4. The Bertz CT molecular complexity index is 2030.